The fourth-order valence-electron chi connectivity index (χ4n) is 3.98. The van der Waals surface area contributed by atoms with E-state index < -0.39 is 10.8 Å². The van der Waals surface area contributed by atoms with Crippen molar-refractivity contribution >= 4 is 16.8 Å². The molecule has 3 atom stereocenters. The Balaban J connectivity index is 1.54. The van der Waals surface area contributed by atoms with Gasteiger partial charge in [0, 0.05) is 47.9 Å². The van der Waals surface area contributed by atoms with Crippen LogP contribution in [-0.2, 0) is 30.3 Å². The van der Waals surface area contributed by atoms with Crippen LogP contribution >= 0.6 is 0 Å². The van der Waals surface area contributed by atoms with Gasteiger partial charge in [-0.15, -0.1) is 10.2 Å². The smallest absolute Gasteiger partial charge is 0.191 e. The van der Waals surface area contributed by atoms with Crippen LogP contribution in [0.25, 0.3) is 0 Å². The van der Waals surface area contributed by atoms with Gasteiger partial charge in [-0.2, -0.15) is 0 Å². The summed E-state index contributed by atoms with van der Waals surface area (Å²) in [6.45, 7) is 3.65. The van der Waals surface area contributed by atoms with Crippen LogP contribution in [0.3, 0.4) is 0 Å². The summed E-state index contributed by atoms with van der Waals surface area (Å²) in [5.41, 5.74) is 0. The first kappa shape index (κ1) is 19.3. The second-order valence-electron chi connectivity index (χ2n) is 7.22. The first-order valence-electron chi connectivity index (χ1n) is 9.96. The molecule has 0 aromatic carbocycles. The fourth-order valence-corrected chi connectivity index (χ4v) is 5.33. The van der Waals surface area contributed by atoms with Crippen LogP contribution in [0.1, 0.15) is 63.5 Å². The molecule has 1 aromatic heterocycles. The van der Waals surface area contributed by atoms with E-state index in [1.807, 2.05) is 6.92 Å². The van der Waals surface area contributed by atoms with Gasteiger partial charge in [-0.3, -0.25) is 9.20 Å². The van der Waals surface area contributed by atoms with Crippen molar-refractivity contribution in [3.05, 3.63) is 11.6 Å². The molecule has 1 aromatic rings. The Morgan fingerprint density at radius 1 is 1.27 bits per heavy atom. The van der Waals surface area contributed by atoms with Crippen molar-refractivity contribution in [2.75, 3.05) is 12.8 Å². The van der Waals surface area contributed by atoms with E-state index in [4.69, 9.17) is 0 Å². The third-order valence-corrected chi connectivity index (χ3v) is 7.19. The van der Waals surface area contributed by atoms with Crippen LogP contribution in [0.15, 0.2) is 4.99 Å². The Labute approximate surface area is 158 Å². The van der Waals surface area contributed by atoms with E-state index in [1.165, 1.54) is 19.3 Å². The first-order chi connectivity index (χ1) is 12.7. The van der Waals surface area contributed by atoms with Crippen LogP contribution in [-0.4, -0.2) is 49.0 Å². The molecule has 0 saturated heterocycles. The van der Waals surface area contributed by atoms with E-state index in [0.717, 1.165) is 62.0 Å². The topological polar surface area (TPSA) is 84.2 Å². The third-order valence-electron chi connectivity index (χ3n) is 5.45. The quantitative estimate of drug-likeness (QED) is 0.600. The van der Waals surface area contributed by atoms with Crippen molar-refractivity contribution in [2.45, 2.75) is 82.7 Å². The average Bonchev–Trinajstić information content (AvgIpc) is 2.90. The van der Waals surface area contributed by atoms with Gasteiger partial charge < -0.3 is 15.2 Å². The number of aryl methyl sites for hydroxylation is 1. The van der Waals surface area contributed by atoms with Crippen LogP contribution < -0.4 is 10.6 Å². The van der Waals surface area contributed by atoms with Crippen LogP contribution in [0.2, 0.25) is 0 Å². The number of guanidine groups is 1. The summed E-state index contributed by atoms with van der Waals surface area (Å²) in [5, 5.41) is 15.9. The number of aliphatic imine (C=N–C) groups is 1. The zero-order chi connectivity index (χ0) is 18.4. The third kappa shape index (κ3) is 4.84. The van der Waals surface area contributed by atoms with Gasteiger partial charge in [-0.1, -0.05) is 19.8 Å². The van der Waals surface area contributed by atoms with E-state index in [2.05, 4.69) is 30.4 Å². The molecule has 0 spiro atoms. The molecule has 7 nitrogen and oxygen atoms in total. The fraction of sp³-hybridized carbons (Fsp3) is 0.833. The highest BCUT2D eigenvalue weighted by Gasteiger charge is 2.26. The van der Waals surface area contributed by atoms with Crippen molar-refractivity contribution in [3.63, 3.8) is 0 Å². The van der Waals surface area contributed by atoms with Crippen molar-refractivity contribution < 1.29 is 4.21 Å². The Hall–Kier alpha value is -1.44. The largest absolute Gasteiger partial charge is 0.354 e. The molecule has 3 rings (SSSR count). The lowest BCUT2D eigenvalue weighted by atomic mass is 9.95. The monoisotopic (exact) mass is 380 g/mol. The predicted octanol–water partition coefficient (Wildman–Crippen LogP) is 1.75. The highest BCUT2D eigenvalue weighted by molar-refractivity contribution is 7.85. The molecule has 8 heteroatoms. The van der Waals surface area contributed by atoms with Gasteiger partial charge in [0.25, 0.3) is 0 Å². The minimum absolute atomic E-state index is 0.316. The van der Waals surface area contributed by atoms with Gasteiger partial charge in [0.05, 0.1) is 6.54 Å². The number of nitrogens with zero attached hydrogens (tertiary/aromatic N) is 4. The molecule has 0 radical (unpaired) electrons. The zero-order valence-corrected chi connectivity index (χ0v) is 16.9. The maximum atomic E-state index is 12.1. The Morgan fingerprint density at radius 3 is 2.96 bits per heavy atom. The minimum atomic E-state index is -0.704. The number of nitrogens with one attached hydrogen (secondary N) is 2. The second kappa shape index (κ2) is 9.48. The summed E-state index contributed by atoms with van der Waals surface area (Å²) < 4.78 is 14.4. The van der Waals surface area contributed by atoms with Crippen LogP contribution in [0.5, 0.6) is 0 Å². The molecule has 0 amide bonds. The minimum Gasteiger partial charge on any atom is -0.354 e. The Bertz CT molecular complexity index is 644. The summed E-state index contributed by atoms with van der Waals surface area (Å²) in [4.78, 5) is 4.36. The maximum absolute atomic E-state index is 12.1. The second-order valence-corrected chi connectivity index (χ2v) is 9.23. The van der Waals surface area contributed by atoms with Crippen LogP contribution in [0.4, 0.5) is 0 Å². The highest BCUT2D eigenvalue weighted by Crippen LogP contribution is 2.23. The molecule has 146 valence electrons. The molecule has 2 N–H and O–H groups in total. The van der Waals surface area contributed by atoms with Crippen molar-refractivity contribution in [3.8, 4) is 0 Å². The van der Waals surface area contributed by atoms with E-state index in [9.17, 15) is 4.21 Å². The van der Waals surface area contributed by atoms with Gasteiger partial charge >= 0.3 is 0 Å². The normalized spacial score (nSPS) is 25.2. The van der Waals surface area contributed by atoms with E-state index in [-0.39, 0.29) is 0 Å². The highest BCUT2D eigenvalue weighted by atomic mass is 32.2. The molecule has 1 aliphatic carbocycles. The number of hydrogen-bond donors (Lipinski definition) is 2. The predicted molar refractivity (Wildman–Crippen MR) is 106 cm³/mol. The number of rotatable bonds is 5. The summed E-state index contributed by atoms with van der Waals surface area (Å²) in [6, 6.07) is 0.339. The van der Waals surface area contributed by atoms with Gasteiger partial charge in [0.15, 0.2) is 11.8 Å². The van der Waals surface area contributed by atoms with Crippen molar-refractivity contribution in [2.24, 2.45) is 4.99 Å². The lowest BCUT2D eigenvalue weighted by molar-refractivity contribution is 0.413. The lowest BCUT2D eigenvalue weighted by Crippen LogP contribution is -2.46. The summed E-state index contributed by atoms with van der Waals surface area (Å²) >= 11 is 0. The molecule has 2 heterocycles. The molecule has 1 saturated carbocycles. The Kier molecular flexibility index (Phi) is 7.05. The zero-order valence-electron chi connectivity index (χ0n) is 16.0. The average molecular weight is 381 g/mol. The lowest BCUT2D eigenvalue weighted by Gasteiger charge is -2.30. The van der Waals surface area contributed by atoms with E-state index in [1.54, 1.807) is 7.05 Å². The molecule has 2 aliphatic rings. The molecule has 26 heavy (non-hydrogen) atoms. The van der Waals surface area contributed by atoms with E-state index >= 15 is 0 Å². The Morgan fingerprint density at radius 2 is 2.15 bits per heavy atom. The summed E-state index contributed by atoms with van der Waals surface area (Å²) in [6.07, 6.45) is 8.97. The SMILES string of the molecule is CCS(=O)C1CCCC(NC(=NC)NCc2nnc3n2CCCCC3)C1. The number of aromatic nitrogens is 3. The van der Waals surface area contributed by atoms with Gasteiger partial charge in [-0.25, -0.2) is 0 Å². The van der Waals surface area contributed by atoms with Crippen molar-refractivity contribution in [1.82, 2.24) is 25.4 Å². The first-order valence-corrected chi connectivity index (χ1v) is 11.3. The summed E-state index contributed by atoms with van der Waals surface area (Å²) in [5.74, 6) is 3.64. The van der Waals surface area contributed by atoms with Gasteiger partial charge in [0.2, 0.25) is 0 Å². The molecule has 3 unspecified atom stereocenters. The van der Waals surface area contributed by atoms with E-state index in [0.29, 0.717) is 17.8 Å². The van der Waals surface area contributed by atoms with Gasteiger partial charge in [-0.05, 0) is 32.1 Å². The molecular weight excluding hydrogens is 348 g/mol. The standard InChI is InChI=1S/C18H32N6OS/c1-3-26(25)15-9-7-8-14(12-15)21-18(19-2)20-13-17-23-22-16-10-5-4-6-11-24(16)17/h14-15H,3-13H2,1-2H3,(H2,19,20,21). The maximum Gasteiger partial charge on any atom is 0.191 e. The number of fused-ring (bicyclic) bond motifs is 1. The van der Waals surface area contributed by atoms with Crippen molar-refractivity contribution in [1.29, 1.82) is 0 Å². The molecule has 1 fully saturated rings. The van der Waals surface area contributed by atoms with Crippen LogP contribution in [0, 0.1) is 0 Å². The number of hydrogen-bond acceptors (Lipinski definition) is 4. The molecular formula is C18H32N6OS. The summed E-state index contributed by atoms with van der Waals surface area (Å²) in [7, 11) is 1.09. The molecule has 1 aliphatic heterocycles. The van der Waals surface area contributed by atoms with Gasteiger partial charge in [0.1, 0.15) is 5.82 Å². The molecule has 0 bridgehead atoms.